The van der Waals surface area contributed by atoms with Gasteiger partial charge in [-0.25, -0.2) is 4.79 Å². The maximum Gasteiger partial charge on any atom is 0.328 e. The van der Waals surface area contributed by atoms with E-state index in [1.165, 1.54) is 24.3 Å². The molecule has 0 bridgehead atoms. The lowest BCUT2D eigenvalue weighted by Gasteiger charge is -2.27. The second kappa shape index (κ2) is 20.5. The molecule has 5 atom stereocenters. The number of phenols is 1. The minimum absolute atomic E-state index is 0.0245. The third kappa shape index (κ3) is 15.7. The van der Waals surface area contributed by atoms with Gasteiger partial charge in [0.2, 0.25) is 35.4 Å². The molecular weight excluding hydrogens is 630 g/mol. The van der Waals surface area contributed by atoms with Crippen molar-refractivity contribution in [2.75, 3.05) is 13.2 Å². The maximum absolute atomic E-state index is 13.6. The molecule has 1 rings (SSSR count). The summed E-state index contributed by atoms with van der Waals surface area (Å²) in [5.41, 5.74) is 11.5. The fraction of sp³-hybridized carbons (Fsp3) is 0.581. The quantitative estimate of drug-likeness (QED) is 0.0662. The highest BCUT2D eigenvalue weighted by Gasteiger charge is 2.31. The molecule has 0 saturated carbocycles. The molecule has 6 amide bonds. The van der Waals surface area contributed by atoms with Crippen LogP contribution in [0, 0.1) is 11.8 Å². The molecule has 1 aromatic rings. The number of rotatable bonds is 21. The van der Waals surface area contributed by atoms with Crippen molar-refractivity contribution in [1.29, 1.82) is 0 Å². The van der Waals surface area contributed by atoms with Crippen molar-refractivity contribution >= 4 is 41.4 Å². The second-order valence-electron chi connectivity index (χ2n) is 12.3. The molecule has 0 fully saturated rings. The van der Waals surface area contributed by atoms with Crippen molar-refractivity contribution < 1.29 is 48.9 Å². The number of amides is 6. The number of aromatic hydroxyl groups is 1. The van der Waals surface area contributed by atoms with Crippen LogP contribution in [-0.2, 0) is 40.0 Å². The molecule has 0 aromatic heterocycles. The number of aliphatic hydroxyl groups excluding tert-OH is 1. The van der Waals surface area contributed by atoms with E-state index in [1.807, 2.05) is 27.7 Å². The van der Waals surface area contributed by atoms with Crippen molar-refractivity contribution in [3.8, 4) is 5.75 Å². The lowest BCUT2D eigenvalue weighted by molar-refractivity contribution is -0.142. The number of nitrogens with one attached hydrogen (secondary N) is 5. The van der Waals surface area contributed by atoms with Crippen LogP contribution in [0.5, 0.6) is 5.75 Å². The number of carboxylic acid groups (broad SMARTS) is 1. The number of nitrogens with two attached hydrogens (primary N) is 2. The average molecular weight is 680 g/mol. The van der Waals surface area contributed by atoms with Crippen molar-refractivity contribution in [2.45, 2.75) is 90.0 Å². The zero-order valence-corrected chi connectivity index (χ0v) is 27.7. The molecule has 0 saturated heterocycles. The van der Waals surface area contributed by atoms with Crippen LogP contribution in [0.1, 0.15) is 58.9 Å². The molecule has 0 aliphatic rings. The summed E-state index contributed by atoms with van der Waals surface area (Å²) in [5, 5.41) is 40.1. The van der Waals surface area contributed by atoms with Gasteiger partial charge in [0.15, 0.2) is 0 Å². The minimum atomic E-state index is -1.59. The van der Waals surface area contributed by atoms with Gasteiger partial charge in [-0.2, -0.15) is 0 Å². The van der Waals surface area contributed by atoms with Gasteiger partial charge in [-0.1, -0.05) is 39.8 Å². The summed E-state index contributed by atoms with van der Waals surface area (Å²) in [6.07, 6.45) is 0.102. The lowest BCUT2D eigenvalue weighted by Crippen LogP contribution is -2.58. The first-order valence-corrected chi connectivity index (χ1v) is 15.6. The number of hydrogen-bond acceptors (Lipinski definition) is 10. The molecule has 0 heterocycles. The fourth-order valence-corrected chi connectivity index (χ4v) is 4.46. The van der Waals surface area contributed by atoms with Crippen LogP contribution in [0.4, 0.5) is 0 Å². The molecule has 0 radical (unpaired) electrons. The van der Waals surface area contributed by atoms with Crippen LogP contribution >= 0.6 is 0 Å². The summed E-state index contributed by atoms with van der Waals surface area (Å²) in [5.74, 6) is -6.11. The van der Waals surface area contributed by atoms with Crippen LogP contribution in [0.15, 0.2) is 24.3 Å². The highest BCUT2D eigenvalue weighted by atomic mass is 16.4. The number of aliphatic hydroxyl groups is 1. The molecule has 17 nitrogen and oxygen atoms in total. The van der Waals surface area contributed by atoms with E-state index >= 15 is 0 Å². The highest BCUT2D eigenvalue weighted by Crippen LogP contribution is 2.13. The Morgan fingerprint density at radius 2 is 1.23 bits per heavy atom. The molecule has 48 heavy (non-hydrogen) atoms. The normalized spacial score (nSPS) is 14.2. The van der Waals surface area contributed by atoms with Crippen molar-refractivity contribution in [2.24, 2.45) is 23.3 Å². The van der Waals surface area contributed by atoms with E-state index in [1.54, 1.807) is 0 Å². The third-order valence-electron chi connectivity index (χ3n) is 6.97. The topological polar surface area (TPSA) is 292 Å². The second-order valence-corrected chi connectivity index (χ2v) is 12.3. The minimum Gasteiger partial charge on any atom is -0.508 e. The number of primary amides is 1. The number of phenolic OH excluding ortho intramolecular Hbond substituents is 1. The SMILES string of the molecule is CC(C)C[C@H](NC(=O)[C@H](CC(C)C)NC(=O)[C@@H](N)CCC(N)=O)C(=O)N[C@@H](Cc1ccc(O)cc1)C(=O)NCC(=O)N[C@@H](CO)C(=O)O. The van der Waals surface area contributed by atoms with Gasteiger partial charge in [-0.3, -0.25) is 28.8 Å². The Labute approximate surface area is 278 Å². The zero-order chi connectivity index (χ0) is 36.6. The summed E-state index contributed by atoms with van der Waals surface area (Å²) < 4.78 is 0. The number of benzene rings is 1. The monoisotopic (exact) mass is 679 g/mol. The van der Waals surface area contributed by atoms with Gasteiger partial charge in [-0.15, -0.1) is 0 Å². The Balaban J connectivity index is 3.18. The van der Waals surface area contributed by atoms with E-state index in [-0.39, 0.29) is 49.7 Å². The molecular formula is C31H49N7O10. The number of aliphatic carboxylic acids is 1. The molecule has 0 unspecified atom stereocenters. The zero-order valence-electron chi connectivity index (χ0n) is 27.7. The summed E-state index contributed by atoms with van der Waals surface area (Å²) in [6, 6.07) is -0.413. The molecule has 0 aliphatic heterocycles. The van der Waals surface area contributed by atoms with Crippen molar-refractivity contribution in [3.05, 3.63) is 29.8 Å². The molecule has 1 aromatic carbocycles. The standard InChI is InChI=1S/C31H49N7O10/c1-16(2)11-21(36-27(43)20(32)9-10-25(33)41)29(45)37-22(12-17(3)4)30(46)38-23(13-18-5-7-19(40)8-6-18)28(44)34-14-26(42)35-24(15-39)31(47)48/h5-8,16-17,20-24,39-40H,9-15,32H2,1-4H3,(H2,33,41)(H,34,44)(H,35,42)(H,36,43)(H,37,45)(H,38,46)(H,47,48)/t20-,21-,22-,23-,24-/m0/s1. The Hall–Kier alpha value is -4.77. The molecule has 12 N–H and O–H groups in total. The van der Waals surface area contributed by atoms with Gasteiger partial charge >= 0.3 is 5.97 Å². The van der Waals surface area contributed by atoms with Gasteiger partial charge < -0.3 is 53.4 Å². The van der Waals surface area contributed by atoms with E-state index in [2.05, 4.69) is 26.6 Å². The smallest absolute Gasteiger partial charge is 0.328 e. The molecule has 268 valence electrons. The van der Waals surface area contributed by atoms with Crippen LogP contribution in [0.3, 0.4) is 0 Å². The Kier molecular flexibility index (Phi) is 17.6. The third-order valence-corrected chi connectivity index (χ3v) is 6.97. The largest absolute Gasteiger partial charge is 0.508 e. The van der Waals surface area contributed by atoms with Crippen LogP contribution in [0.25, 0.3) is 0 Å². The average Bonchev–Trinajstić information content (AvgIpc) is 3.00. The number of carboxylic acids is 1. The van der Waals surface area contributed by atoms with Crippen LogP contribution in [-0.4, -0.2) is 100 Å². The Morgan fingerprint density at radius 1 is 0.729 bits per heavy atom. The van der Waals surface area contributed by atoms with Crippen molar-refractivity contribution in [3.63, 3.8) is 0 Å². The number of hydrogen-bond donors (Lipinski definition) is 10. The van der Waals surface area contributed by atoms with Gasteiger partial charge in [-0.05, 0) is 48.8 Å². The van der Waals surface area contributed by atoms with E-state index in [9.17, 15) is 38.7 Å². The first kappa shape index (κ1) is 41.3. The van der Waals surface area contributed by atoms with Crippen LogP contribution < -0.4 is 38.1 Å². The van der Waals surface area contributed by atoms with E-state index in [4.69, 9.17) is 21.7 Å². The predicted octanol–water partition coefficient (Wildman–Crippen LogP) is -2.25. The number of carbonyl (C=O) groups excluding carboxylic acids is 6. The van der Waals surface area contributed by atoms with Crippen LogP contribution in [0.2, 0.25) is 0 Å². The van der Waals surface area contributed by atoms with Gasteiger partial charge in [0.1, 0.15) is 29.9 Å². The first-order chi connectivity index (χ1) is 22.4. The Morgan fingerprint density at radius 3 is 1.69 bits per heavy atom. The van der Waals surface area contributed by atoms with E-state index < -0.39 is 84.8 Å². The van der Waals surface area contributed by atoms with Crippen molar-refractivity contribution in [1.82, 2.24) is 26.6 Å². The Bertz CT molecular complexity index is 1270. The van der Waals surface area contributed by atoms with E-state index in [0.717, 1.165) is 0 Å². The first-order valence-electron chi connectivity index (χ1n) is 15.6. The molecule has 0 aliphatic carbocycles. The number of carbonyl (C=O) groups is 7. The summed E-state index contributed by atoms with van der Waals surface area (Å²) in [4.78, 5) is 87.4. The molecule has 0 spiro atoms. The van der Waals surface area contributed by atoms with Gasteiger partial charge in [0.05, 0.1) is 19.2 Å². The molecule has 17 heteroatoms. The predicted molar refractivity (Wildman–Crippen MR) is 173 cm³/mol. The highest BCUT2D eigenvalue weighted by molar-refractivity contribution is 5.96. The maximum atomic E-state index is 13.6. The summed E-state index contributed by atoms with van der Waals surface area (Å²) in [6.45, 7) is 5.74. The lowest BCUT2D eigenvalue weighted by atomic mass is 9.99. The summed E-state index contributed by atoms with van der Waals surface area (Å²) in [7, 11) is 0. The van der Waals surface area contributed by atoms with Gasteiger partial charge in [0, 0.05) is 12.8 Å². The summed E-state index contributed by atoms with van der Waals surface area (Å²) >= 11 is 0. The van der Waals surface area contributed by atoms with E-state index in [0.29, 0.717) is 5.56 Å². The fourth-order valence-electron chi connectivity index (χ4n) is 4.46. The van der Waals surface area contributed by atoms with Gasteiger partial charge in [0.25, 0.3) is 0 Å².